The summed E-state index contributed by atoms with van der Waals surface area (Å²) < 4.78 is 11.7. The van der Waals surface area contributed by atoms with Crippen LogP contribution in [0.1, 0.15) is 43.2 Å². The number of benzene rings is 2. The fraction of sp³-hybridized carbons (Fsp3) is 0.357. The molecule has 0 bridgehead atoms. The molecule has 1 saturated heterocycles. The van der Waals surface area contributed by atoms with Gasteiger partial charge in [0.1, 0.15) is 0 Å². The van der Waals surface area contributed by atoms with Gasteiger partial charge in [-0.25, -0.2) is 0 Å². The van der Waals surface area contributed by atoms with Crippen LogP contribution in [0.2, 0.25) is 0 Å². The third-order valence-corrected chi connectivity index (χ3v) is 6.42. The van der Waals surface area contributed by atoms with Crippen LogP contribution in [0.15, 0.2) is 59.8 Å². The van der Waals surface area contributed by atoms with E-state index >= 15 is 0 Å². The molecule has 1 atom stereocenters. The van der Waals surface area contributed by atoms with Crippen molar-refractivity contribution < 1.29 is 19.1 Å². The summed E-state index contributed by atoms with van der Waals surface area (Å²) >= 11 is 0. The summed E-state index contributed by atoms with van der Waals surface area (Å²) in [6, 6.07) is 15.6. The van der Waals surface area contributed by atoms with Crippen molar-refractivity contribution in [2.75, 3.05) is 21.2 Å². The van der Waals surface area contributed by atoms with E-state index in [0.717, 1.165) is 29.7 Å². The van der Waals surface area contributed by atoms with Crippen LogP contribution in [-0.4, -0.2) is 44.0 Å². The van der Waals surface area contributed by atoms with Gasteiger partial charge in [0.05, 0.1) is 19.1 Å². The second-order valence-electron chi connectivity index (χ2n) is 9.05. The number of nitrogens with one attached hydrogen (secondary N) is 1. The minimum Gasteiger partial charge on any atom is -0.493 e. The minimum absolute atomic E-state index is 0. The quantitative estimate of drug-likeness (QED) is 0.407. The number of amides is 2. The maximum absolute atomic E-state index is 12.7. The van der Waals surface area contributed by atoms with Crippen LogP contribution in [0.4, 0.5) is 0 Å². The van der Waals surface area contributed by atoms with E-state index in [1.165, 1.54) is 12.8 Å². The molecule has 1 unspecified atom stereocenters. The van der Waals surface area contributed by atoms with E-state index in [0.29, 0.717) is 23.5 Å². The van der Waals surface area contributed by atoms with Crippen LogP contribution in [0.25, 0.3) is 12.2 Å². The van der Waals surface area contributed by atoms with Crippen molar-refractivity contribution in [3.8, 4) is 11.5 Å². The SMILES string of the molecule is COc1cc(C=C2C(=O)NC(=O)C2CC(=Cc2ccccc2)N(C)C)ccc1OC1CCCC1.Cl. The molecule has 2 aliphatic rings. The van der Waals surface area contributed by atoms with Gasteiger partial charge in [-0.05, 0) is 61.1 Å². The summed E-state index contributed by atoms with van der Waals surface area (Å²) in [5, 5.41) is 2.49. The van der Waals surface area contributed by atoms with Crippen LogP contribution >= 0.6 is 12.4 Å². The Kier molecular flexibility index (Phi) is 8.99. The number of methoxy groups -OCH3 is 1. The van der Waals surface area contributed by atoms with E-state index < -0.39 is 5.92 Å². The molecular formula is C28H33ClN2O4. The van der Waals surface area contributed by atoms with Gasteiger partial charge in [-0.1, -0.05) is 36.4 Å². The zero-order valence-electron chi connectivity index (χ0n) is 20.5. The molecule has 7 heteroatoms. The number of carbonyl (C=O) groups is 2. The smallest absolute Gasteiger partial charge is 0.254 e. The summed E-state index contributed by atoms with van der Waals surface area (Å²) in [4.78, 5) is 27.4. The second-order valence-corrected chi connectivity index (χ2v) is 9.05. The number of nitrogens with zero attached hydrogens (tertiary/aromatic N) is 1. The lowest BCUT2D eigenvalue weighted by Gasteiger charge is -2.20. The number of imide groups is 1. The largest absolute Gasteiger partial charge is 0.493 e. The summed E-state index contributed by atoms with van der Waals surface area (Å²) in [7, 11) is 5.50. The number of hydrogen-bond donors (Lipinski definition) is 1. The standard InChI is InChI=1S/C28H32N2O4.ClH/c1-30(2)21(15-19-9-5-4-6-10-19)18-24-23(27(31)29-28(24)32)16-20-13-14-25(26(17-20)33-3)34-22-11-7-8-12-22;/h4-6,9-10,13-17,22,24H,7-8,11-12,18H2,1-3H3,(H,29,31,32);1H. The highest BCUT2D eigenvalue weighted by molar-refractivity contribution is 6.17. The van der Waals surface area contributed by atoms with Crippen LogP contribution in [-0.2, 0) is 9.59 Å². The Morgan fingerprint density at radius 3 is 2.40 bits per heavy atom. The molecule has 0 spiro atoms. The Hall–Kier alpha value is -3.25. The van der Waals surface area contributed by atoms with E-state index in [2.05, 4.69) is 5.32 Å². The molecule has 1 heterocycles. The molecule has 2 aromatic carbocycles. The lowest BCUT2D eigenvalue weighted by Crippen LogP contribution is -2.23. The number of ether oxygens (including phenoxy) is 2. The van der Waals surface area contributed by atoms with Crippen molar-refractivity contribution in [2.45, 2.75) is 38.2 Å². The van der Waals surface area contributed by atoms with Crippen molar-refractivity contribution in [3.05, 3.63) is 70.9 Å². The number of carbonyl (C=O) groups excluding carboxylic acids is 2. The Bertz CT molecular complexity index is 1110. The molecule has 2 aromatic rings. The van der Waals surface area contributed by atoms with Gasteiger partial charge in [0.2, 0.25) is 5.91 Å². The zero-order chi connectivity index (χ0) is 24.1. The van der Waals surface area contributed by atoms with Gasteiger partial charge in [0, 0.05) is 31.8 Å². The molecule has 2 fully saturated rings. The molecule has 186 valence electrons. The molecule has 1 aliphatic carbocycles. The second kappa shape index (κ2) is 11.9. The monoisotopic (exact) mass is 496 g/mol. The lowest BCUT2D eigenvalue weighted by molar-refractivity contribution is -0.125. The van der Waals surface area contributed by atoms with Crippen LogP contribution < -0.4 is 14.8 Å². The van der Waals surface area contributed by atoms with E-state index in [-0.39, 0.29) is 30.3 Å². The van der Waals surface area contributed by atoms with E-state index in [9.17, 15) is 9.59 Å². The third kappa shape index (κ3) is 6.45. The van der Waals surface area contributed by atoms with Crippen molar-refractivity contribution >= 4 is 36.4 Å². The highest BCUT2D eigenvalue weighted by atomic mass is 35.5. The molecule has 1 aliphatic heterocycles. The van der Waals surface area contributed by atoms with Crippen LogP contribution in [0, 0.1) is 5.92 Å². The first-order valence-electron chi connectivity index (χ1n) is 11.8. The Morgan fingerprint density at radius 1 is 1.03 bits per heavy atom. The Labute approximate surface area is 213 Å². The highest BCUT2D eigenvalue weighted by Gasteiger charge is 2.37. The van der Waals surface area contributed by atoms with E-state index in [4.69, 9.17) is 9.47 Å². The lowest BCUT2D eigenvalue weighted by atomic mass is 9.93. The van der Waals surface area contributed by atoms with Gasteiger partial charge < -0.3 is 14.4 Å². The van der Waals surface area contributed by atoms with Crippen molar-refractivity contribution in [1.82, 2.24) is 10.2 Å². The maximum Gasteiger partial charge on any atom is 0.254 e. The molecule has 6 nitrogen and oxygen atoms in total. The first-order valence-corrected chi connectivity index (χ1v) is 11.8. The van der Waals surface area contributed by atoms with Gasteiger partial charge in [-0.15, -0.1) is 12.4 Å². The molecule has 2 amide bonds. The van der Waals surface area contributed by atoms with Crippen LogP contribution in [0.5, 0.6) is 11.5 Å². The fourth-order valence-electron chi connectivity index (χ4n) is 4.50. The van der Waals surface area contributed by atoms with Gasteiger partial charge in [0.25, 0.3) is 5.91 Å². The normalized spacial score (nSPS) is 19.5. The summed E-state index contributed by atoms with van der Waals surface area (Å²) in [5.41, 5.74) is 3.25. The molecule has 4 rings (SSSR count). The Balaban J connectivity index is 0.00000342. The molecule has 1 N–H and O–H groups in total. The van der Waals surface area contributed by atoms with Gasteiger partial charge in [0.15, 0.2) is 11.5 Å². The Morgan fingerprint density at radius 2 is 1.74 bits per heavy atom. The number of halogens is 1. The first-order chi connectivity index (χ1) is 16.4. The zero-order valence-corrected chi connectivity index (χ0v) is 21.3. The topological polar surface area (TPSA) is 67.9 Å². The summed E-state index contributed by atoms with van der Waals surface area (Å²) in [6.45, 7) is 0. The molecule has 0 radical (unpaired) electrons. The molecule has 0 aromatic heterocycles. The highest BCUT2D eigenvalue weighted by Crippen LogP contribution is 2.34. The van der Waals surface area contributed by atoms with Crippen molar-refractivity contribution in [2.24, 2.45) is 5.92 Å². The van der Waals surface area contributed by atoms with Gasteiger partial charge in [-0.2, -0.15) is 0 Å². The molecule has 1 saturated carbocycles. The predicted molar refractivity (Wildman–Crippen MR) is 140 cm³/mol. The number of rotatable bonds is 8. The van der Waals surface area contributed by atoms with Gasteiger partial charge in [-0.3, -0.25) is 14.9 Å². The summed E-state index contributed by atoms with van der Waals surface area (Å²) in [6.07, 6.45) is 8.97. The molecule has 35 heavy (non-hydrogen) atoms. The summed E-state index contributed by atoms with van der Waals surface area (Å²) in [5.74, 6) is 0.148. The minimum atomic E-state index is -0.565. The fourth-order valence-corrected chi connectivity index (χ4v) is 4.50. The number of hydrogen-bond acceptors (Lipinski definition) is 5. The van der Waals surface area contributed by atoms with Crippen molar-refractivity contribution in [3.63, 3.8) is 0 Å². The molecular weight excluding hydrogens is 464 g/mol. The predicted octanol–water partition coefficient (Wildman–Crippen LogP) is 5.09. The van der Waals surface area contributed by atoms with E-state index in [1.54, 1.807) is 13.2 Å². The number of allylic oxidation sites excluding steroid dienone is 1. The van der Waals surface area contributed by atoms with Crippen molar-refractivity contribution in [1.29, 1.82) is 0 Å². The first kappa shape index (κ1) is 26.4. The van der Waals surface area contributed by atoms with E-state index in [1.807, 2.05) is 73.6 Å². The van der Waals surface area contributed by atoms with Gasteiger partial charge >= 0.3 is 0 Å². The average molecular weight is 497 g/mol. The third-order valence-electron chi connectivity index (χ3n) is 6.42. The van der Waals surface area contributed by atoms with Crippen LogP contribution in [0.3, 0.4) is 0 Å². The maximum atomic E-state index is 12.7. The average Bonchev–Trinajstić information content (AvgIpc) is 3.43.